The van der Waals surface area contributed by atoms with Gasteiger partial charge in [0.1, 0.15) is 0 Å². The van der Waals surface area contributed by atoms with Gasteiger partial charge in [0.05, 0.1) is 13.0 Å². The molecule has 0 spiro atoms. The normalized spacial score (nSPS) is 28.0. The van der Waals surface area contributed by atoms with Crippen molar-refractivity contribution in [2.24, 2.45) is 5.92 Å². The number of hydrogen-bond acceptors (Lipinski definition) is 6. The maximum Gasteiger partial charge on any atom is 0.374 e. The zero-order valence-electron chi connectivity index (χ0n) is 11.8. The number of methoxy groups -OCH3 is 1. The van der Waals surface area contributed by atoms with Crippen LogP contribution in [0.1, 0.15) is 29.8 Å². The molecule has 0 saturated carbocycles. The number of esters is 1. The van der Waals surface area contributed by atoms with Crippen molar-refractivity contribution < 1.29 is 32.3 Å². The van der Waals surface area contributed by atoms with E-state index < -0.39 is 33.9 Å². The van der Waals surface area contributed by atoms with E-state index in [9.17, 15) is 23.1 Å². The van der Waals surface area contributed by atoms with E-state index in [-0.39, 0.29) is 16.9 Å². The fourth-order valence-electron chi connectivity index (χ4n) is 3.35. The summed E-state index contributed by atoms with van der Waals surface area (Å²) in [6.07, 6.45) is 1.47. The van der Waals surface area contributed by atoms with Crippen LogP contribution >= 0.6 is 0 Å². The van der Waals surface area contributed by atoms with Crippen LogP contribution in [0.3, 0.4) is 0 Å². The van der Waals surface area contributed by atoms with E-state index >= 15 is 0 Å². The first-order valence-corrected chi connectivity index (χ1v) is 8.24. The van der Waals surface area contributed by atoms with Crippen LogP contribution in [0.2, 0.25) is 0 Å². The second-order valence-corrected chi connectivity index (χ2v) is 7.20. The molecule has 9 heteroatoms. The van der Waals surface area contributed by atoms with Crippen LogP contribution in [-0.4, -0.2) is 49.0 Å². The van der Waals surface area contributed by atoms with Gasteiger partial charge in [-0.25, -0.2) is 13.2 Å². The van der Waals surface area contributed by atoms with Gasteiger partial charge >= 0.3 is 11.9 Å². The Balaban J connectivity index is 1.92. The molecule has 0 radical (unpaired) electrons. The van der Waals surface area contributed by atoms with Gasteiger partial charge < -0.3 is 14.3 Å². The third kappa shape index (κ3) is 2.12. The van der Waals surface area contributed by atoms with Crippen molar-refractivity contribution in [2.75, 3.05) is 7.11 Å². The number of aliphatic carboxylic acids is 1. The van der Waals surface area contributed by atoms with Crippen LogP contribution < -0.4 is 0 Å². The smallest absolute Gasteiger partial charge is 0.374 e. The third-order valence-corrected chi connectivity index (χ3v) is 6.14. The van der Waals surface area contributed by atoms with Crippen molar-refractivity contribution in [3.63, 3.8) is 0 Å². The van der Waals surface area contributed by atoms with E-state index in [0.717, 1.165) is 7.11 Å². The molecule has 2 saturated heterocycles. The number of sulfonamides is 1. The van der Waals surface area contributed by atoms with Gasteiger partial charge in [0.15, 0.2) is 0 Å². The average molecular weight is 329 g/mol. The first-order chi connectivity index (χ1) is 10.4. The van der Waals surface area contributed by atoms with Gasteiger partial charge in [-0.05, 0) is 31.4 Å². The quantitative estimate of drug-likeness (QED) is 0.808. The number of ether oxygens (including phenoxy) is 1. The molecule has 3 heterocycles. The summed E-state index contributed by atoms with van der Waals surface area (Å²) in [6, 6.07) is 1.53. The molecule has 1 N–H and O–H groups in total. The van der Waals surface area contributed by atoms with Gasteiger partial charge in [0.25, 0.3) is 10.0 Å². The first-order valence-electron chi connectivity index (χ1n) is 6.80. The lowest BCUT2D eigenvalue weighted by molar-refractivity contribution is -0.142. The number of rotatable bonds is 4. The van der Waals surface area contributed by atoms with E-state index in [2.05, 4.69) is 4.74 Å². The second kappa shape index (κ2) is 5.10. The number of nitrogens with zero attached hydrogens (tertiary/aromatic N) is 1. The largest absolute Gasteiger partial charge is 0.481 e. The van der Waals surface area contributed by atoms with Gasteiger partial charge in [-0.3, -0.25) is 4.79 Å². The molecular weight excluding hydrogens is 314 g/mol. The molecule has 1 aromatic heterocycles. The number of hydrogen-bond donors (Lipinski definition) is 1. The fraction of sp³-hybridized carbons (Fsp3) is 0.538. The van der Waals surface area contributed by atoms with Crippen molar-refractivity contribution in [3.8, 4) is 0 Å². The second-order valence-electron chi connectivity index (χ2n) is 5.42. The van der Waals surface area contributed by atoms with Crippen molar-refractivity contribution in [1.82, 2.24) is 4.31 Å². The topological polar surface area (TPSA) is 114 Å². The highest BCUT2D eigenvalue weighted by molar-refractivity contribution is 7.89. The van der Waals surface area contributed by atoms with E-state index in [4.69, 9.17) is 4.42 Å². The molecule has 0 aliphatic carbocycles. The molecule has 2 fully saturated rings. The van der Waals surface area contributed by atoms with E-state index in [1.54, 1.807) is 0 Å². The Kier molecular flexibility index (Phi) is 3.48. The molecule has 1 aromatic rings. The zero-order chi connectivity index (χ0) is 16.1. The SMILES string of the molecule is COC(=O)c1ccc(S(=O)(=O)N2C3CCC2C(C(=O)O)C3)o1. The minimum absolute atomic E-state index is 0.206. The molecule has 0 aromatic carbocycles. The van der Waals surface area contributed by atoms with E-state index in [0.29, 0.717) is 19.3 Å². The van der Waals surface area contributed by atoms with Gasteiger partial charge in [0.2, 0.25) is 10.9 Å². The summed E-state index contributed by atoms with van der Waals surface area (Å²) in [5.74, 6) is -2.65. The number of fused-ring (bicyclic) bond motifs is 2. The summed E-state index contributed by atoms with van der Waals surface area (Å²) in [5.41, 5.74) is 0. The Bertz CT molecular complexity index is 723. The number of furan rings is 1. The Morgan fingerprint density at radius 1 is 1.36 bits per heavy atom. The Morgan fingerprint density at radius 2 is 2.09 bits per heavy atom. The number of carbonyl (C=O) groups excluding carboxylic acids is 1. The maximum atomic E-state index is 12.7. The molecule has 3 atom stereocenters. The fourth-order valence-corrected chi connectivity index (χ4v) is 5.19. The number of carboxylic acid groups (broad SMARTS) is 1. The van der Waals surface area contributed by atoms with Crippen LogP contribution in [0, 0.1) is 5.92 Å². The summed E-state index contributed by atoms with van der Waals surface area (Å²) in [5, 5.41) is 8.83. The van der Waals surface area contributed by atoms with Gasteiger partial charge in [0, 0.05) is 12.1 Å². The third-order valence-electron chi connectivity index (χ3n) is 4.29. The van der Waals surface area contributed by atoms with Crippen LogP contribution in [0.4, 0.5) is 0 Å². The van der Waals surface area contributed by atoms with Gasteiger partial charge in [-0.15, -0.1) is 0 Å². The van der Waals surface area contributed by atoms with Crippen LogP contribution in [-0.2, 0) is 19.6 Å². The average Bonchev–Trinajstić information content (AvgIpc) is 3.19. The summed E-state index contributed by atoms with van der Waals surface area (Å²) in [6.45, 7) is 0. The molecule has 120 valence electrons. The summed E-state index contributed by atoms with van der Waals surface area (Å²) < 4.78 is 36.1. The van der Waals surface area contributed by atoms with E-state index in [1.807, 2.05) is 0 Å². The highest BCUT2D eigenvalue weighted by Gasteiger charge is 2.55. The predicted molar refractivity (Wildman–Crippen MR) is 71.6 cm³/mol. The van der Waals surface area contributed by atoms with Gasteiger partial charge in [-0.1, -0.05) is 0 Å². The zero-order valence-corrected chi connectivity index (χ0v) is 12.6. The molecule has 22 heavy (non-hydrogen) atoms. The highest BCUT2D eigenvalue weighted by atomic mass is 32.2. The van der Waals surface area contributed by atoms with Crippen LogP contribution in [0.5, 0.6) is 0 Å². The maximum absolute atomic E-state index is 12.7. The van der Waals surface area contributed by atoms with Crippen molar-refractivity contribution in [3.05, 3.63) is 17.9 Å². The molecule has 2 bridgehead atoms. The molecule has 0 amide bonds. The van der Waals surface area contributed by atoms with Gasteiger partial charge in [-0.2, -0.15) is 4.31 Å². The highest BCUT2D eigenvalue weighted by Crippen LogP contribution is 2.45. The number of carbonyl (C=O) groups is 2. The standard InChI is InChI=1S/C13H15NO7S/c1-20-13(17)10-4-5-11(21-10)22(18,19)14-7-2-3-9(14)8(6-7)12(15)16/h4-5,7-9H,2-3,6H2,1H3,(H,15,16). The first kappa shape index (κ1) is 15.0. The van der Waals surface area contributed by atoms with Crippen molar-refractivity contribution in [2.45, 2.75) is 36.4 Å². The Labute approximate surface area is 126 Å². The lowest BCUT2D eigenvalue weighted by Gasteiger charge is -2.20. The molecule has 3 unspecified atom stereocenters. The predicted octanol–water partition coefficient (Wildman–Crippen LogP) is 0.692. The minimum atomic E-state index is -3.97. The summed E-state index contributed by atoms with van der Waals surface area (Å²) >= 11 is 0. The van der Waals surface area contributed by atoms with E-state index in [1.165, 1.54) is 16.4 Å². The number of carboxylic acids is 1. The van der Waals surface area contributed by atoms with Crippen LogP contribution in [0.15, 0.2) is 21.6 Å². The van der Waals surface area contributed by atoms with Crippen molar-refractivity contribution in [1.29, 1.82) is 0 Å². The minimum Gasteiger partial charge on any atom is -0.481 e. The summed E-state index contributed by atoms with van der Waals surface area (Å²) in [4.78, 5) is 22.6. The molecular formula is C13H15NO7S. The molecule has 2 aliphatic heterocycles. The molecule has 2 aliphatic rings. The Morgan fingerprint density at radius 3 is 2.68 bits per heavy atom. The van der Waals surface area contributed by atoms with Crippen LogP contribution in [0.25, 0.3) is 0 Å². The Hall–Kier alpha value is -1.87. The monoisotopic (exact) mass is 329 g/mol. The summed E-state index contributed by atoms with van der Waals surface area (Å²) in [7, 11) is -2.80. The van der Waals surface area contributed by atoms with Crippen molar-refractivity contribution >= 4 is 22.0 Å². The molecule has 8 nitrogen and oxygen atoms in total. The lowest BCUT2D eigenvalue weighted by Crippen LogP contribution is -2.37. The lowest BCUT2D eigenvalue weighted by atomic mass is 9.89. The molecule has 3 rings (SSSR count).